The first kappa shape index (κ1) is 12.6. The van der Waals surface area contributed by atoms with Gasteiger partial charge in [0.15, 0.2) is 5.79 Å². The standard InChI is InChI=1S/C9H16ClNO4S/c10-3-7-16(12,13)11-4-1-2-9(8-11)14-5-6-15-9/h1-8H2. The predicted molar refractivity (Wildman–Crippen MR) is 59.9 cm³/mol. The highest BCUT2D eigenvalue weighted by Crippen LogP contribution is 2.31. The van der Waals surface area contributed by atoms with E-state index in [0.29, 0.717) is 26.3 Å². The zero-order valence-electron chi connectivity index (χ0n) is 9.02. The molecule has 0 saturated carbocycles. The fourth-order valence-corrected chi connectivity index (χ4v) is 3.99. The third kappa shape index (κ3) is 2.51. The molecule has 0 aliphatic carbocycles. The zero-order chi connectivity index (χ0) is 11.6. The van der Waals surface area contributed by atoms with Crippen molar-refractivity contribution in [1.82, 2.24) is 4.31 Å². The molecule has 0 radical (unpaired) electrons. The van der Waals surface area contributed by atoms with E-state index in [2.05, 4.69) is 0 Å². The molecule has 0 bridgehead atoms. The monoisotopic (exact) mass is 269 g/mol. The van der Waals surface area contributed by atoms with Crippen molar-refractivity contribution < 1.29 is 17.9 Å². The third-order valence-electron chi connectivity index (χ3n) is 2.92. The van der Waals surface area contributed by atoms with Gasteiger partial charge in [-0.2, -0.15) is 4.31 Å². The Labute approximate surface area is 101 Å². The van der Waals surface area contributed by atoms with Crippen LogP contribution in [0.1, 0.15) is 12.8 Å². The molecule has 16 heavy (non-hydrogen) atoms. The van der Waals surface area contributed by atoms with Gasteiger partial charge in [-0.05, 0) is 6.42 Å². The van der Waals surface area contributed by atoms with E-state index in [1.807, 2.05) is 0 Å². The molecule has 1 spiro atoms. The molecule has 0 N–H and O–H groups in total. The molecule has 0 atom stereocenters. The maximum absolute atomic E-state index is 11.9. The van der Waals surface area contributed by atoms with E-state index < -0.39 is 15.8 Å². The van der Waals surface area contributed by atoms with Crippen LogP contribution in [-0.4, -0.2) is 56.4 Å². The maximum Gasteiger partial charge on any atom is 0.215 e. The second kappa shape index (κ2) is 4.78. The lowest BCUT2D eigenvalue weighted by Gasteiger charge is -2.37. The molecule has 2 fully saturated rings. The Hall–Kier alpha value is 0.120. The highest BCUT2D eigenvalue weighted by Gasteiger charge is 2.43. The van der Waals surface area contributed by atoms with Crippen LogP contribution in [0.25, 0.3) is 0 Å². The minimum atomic E-state index is -3.26. The molecule has 0 aromatic rings. The summed E-state index contributed by atoms with van der Waals surface area (Å²) in [5.74, 6) is -0.601. The summed E-state index contributed by atoms with van der Waals surface area (Å²) in [7, 11) is -3.26. The molecule has 2 aliphatic heterocycles. The van der Waals surface area contributed by atoms with Crippen LogP contribution in [-0.2, 0) is 19.5 Å². The molecule has 0 unspecified atom stereocenters. The first-order valence-electron chi connectivity index (χ1n) is 5.40. The summed E-state index contributed by atoms with van der Waals surface area (Å²) >= 11 is 5.49. The van der Waals surface area contributed by atoms with E-state index in [0.717, 1.165) is 12.8 Å². The van der Waals surface area contributed by atoms with Crippen LogP contribution >= 0.6 is 11.6 Å². The van der Waals surface area contributed by atoms with E-state index in [1.165, 1.54) is 4.31 Å². The van der Waals surface area contributed by atoms with Gasteiger partial charge < -0.3 is 9.47 Å². The number of halogens is 1. The van der Waals surface area contributed by atoms with Crippen LogP contribution < -0.4 is 0 Å². The largest absolute Gasteiger partial charge is 0.346 e. The SMILES string of the molecule is O=S(=O)(CCCl)N1CCCC2(C1)OCCO2. The van der Waals surface area contributed by atoms with E-state index >= 15 is 0 Å². The molecule has 2 rings (SSSR count). The summed E-state index contributed by atoms with van der Waals surface area (Å²) in [5.41, 5.74) is 0. The first-order chi connectivity index (χ1) is 7.58. The molecule has 94 valence electrons. The highest BCUT2D eigenvalue weighted by atomic mass is 35.5. The average Bonchev–Trinajstić information content (AvgIpc) is 2.66. The van der Waals surface area contributed by atoms with E-state index in [9.17, 15) is 8.42 Å². The lowest BCUT2D eigenvalue weighted by atomic mass is 10.1. The summed E-state index contributed by atoms with van der Waals surface area (Å²) in [4.78, 5) is 0. The molecule has 0 aromatic heterocycles. The Balaban J connectivity index is 2.07. The second-order valence-corrected chi connectivity index (χ2v) is 6.52. The third-order valence-corrected chi connectivity index (χ3v) is 5.16. The number of rotatable bonds is 3. The molecule has 0 amide bonds. The molecule has 0 aromatic carbocycles. The summed E-state index contributed by atoms with van der Waals surface area (Å²) < 4.78 is 36.2. The minimum absolute atomic E-state index is 0.0232. The maximum atomic E-state index is 11.9. The summed E-state index contributed by atoms with van der Waals surface area (Å²) in [6, 6.07) is 0. The van der Waals surface area contributed by atoms with Gasteiger partial charge in [0.2, 0.25) is 10.0 Å². The van der Waals surface area contributed by atoms with E-state index in [-0.39, 0.29) is 11.6 Å². The Morgan fingerprint density at radius 3 is 2.62 bits per heavy atom. The van der Waals surface area contributed by atoms with Crippen molar-refractivity contribution in [1.29, 1.82) is 0 Å². The number of alkyl halides is 1. The molecule has 7 heteroatoms. The number of hydrogen-bond acceptors (Lipinski definition) is 4. The molecular formula is C9H16ClNO4S. The van der Waals surface area contributed by atoms with E-state index in [4.69, 9.17) is 21.1 Å². The van der Waals surface area contributed by atoms with Gasteiger partial charge in [-0.3, -0.25) is 0 Å². The molecular weight excluding hydrogens is 254 g/mol. The van der Waals surface area contributed by atoms with Crippen molar-refractivity contribution in [2.45, 2.75) is 18.6 Å². The van der Waals surface area contributed by atoms with Crippen molar-refractivity contribution in [3.8, 4) is 0 Å². The van der Waals surface area contributed by atoms with Gasteiger partial charge in [0.25, 0.3) is 0 Å². The summed E-state index contributed by atoms with van der Waals surface area (Å²) in [5, 5.41) is 0. The highest BCUT2D eigenvalue weighted by molar-refractivity contribution is 7.89. The molecule has 2 saturated heterocycles. The number of hydrogen-bond donors (Lipinski definition) is 0. The number of ether oxygens (including phenoxy) is 2. The molecule has 2 heterocycles. The lowest BCUT2D eigenvalue weighted by Crippen LogP contribution is -2.51. The fourth-order valence-electron chi connectivity index (χ4n) is 2.15. The Morgan fingerprint density at radius 2 is 2.00 bits per heavy atom. The van der Waals surface area contributed by atoms with Gasteiger partial charge in [0.05, 0.1) is 25.5 Å². The van der Waals surface area contributed by atoms with Gasteiger partial charge in [-0.15, -0.1) is 11.6 Å². The van der Waals surface area contributed by atoms with Gasteiger partial charge >= 0.3 is 0 Å². The summed E-state index contributed by atoms with van der Waals surface area (Å²) in [6.07, 6.45) is 1.53. The van der Waals surface area contributed by atoms with Crippen molar-refractivity contribution in [3.05, 3.63) is 0 Å². The van der Waals surface area contributed by atoms with Crippen LogP contribution in [0, 0.1) is 0 Å². The Morgan fingerprint density at radius 1 is 1.31 bits per heavy atom. The first-order valence-corrected chi connectivity index (χ1v) is 7.54. The van der Waals surface area contributed by atoms with Gasteiger partial charge in [-0.1, -0.05) is 0 Å². The topological polar surface area (TPSA) is 55.8 Å². The fraction of sp³-hybridized carbons (Fsp3) is 1.00. The Bertz CT molecular complexity index is 339. The van der Waals surface area contributed by atoms with Crippen LogP contribution in [0.2, 0.25) is 0 Å². The predicted octanol–water partition coefficient (Wildman–Crippen LogP) is 0.394. The normalized spacial score (nSPS) is 26.3. The quantitative estimate of drug-likeness (QED) is 0.696. The van der Waals surface area contributed by atoms with Crippen molar-refractivity contribution >= 4 is 21.6 Å². The minimum Gasteiger partial charge on any atom is -0.346 e. The van der Waals surface area contributed by atoms with Gasteiger partial charge in [0, 0.05) is 18.8 Å². The Kier molecular flexibility index (Phi) is 3.75. The van der Waals surface area contributed by atoms with Crippen molar-refractivity contribution in [2.75, 3.05) is 37.9 Å². The smallest absolute Gasteiger partial charge is 0.215 e. The molecule has 5 nitrogen and oxygen atoms in total. The van der Waals surface area contributed by atoms with Gasteiger partial charge in [0.1, 0.15) is 0 Å². The van der Waals surface area contributed by atoms with Gasteiger partial charge in [-0.25, -0.2) is 8.42 Å². The van der Waals surface area contributed by atoms with Crippen LogP contribution in [0.3, 0.4) is 0 Å². The zero-order valence-corrected chi connectivity index (χ0v) is 10.6. The van der Waals surface area contributed by atoms with Crippen molar-refractivity contribution in [2.24, 2.45) is 0 Å². The average molecular weight is 270 g/mol. The van der Waals surface area contributed by atoms with Crippen LogP contribution in [0.15, 0.2) is 0 Å². The van der Waals surface area contributed by atoms with Crippen molar-refractivity contribution in [3.63, 3.8) is 0 Å². The van der Waals surface area contributed by atoms with E-state index in [1.54, 1.807) is 0 Å². The number of nitrogens with zero attached hydrogens (tertiary/aromatic N) is 1. The molecule has 2 aliphatic rings. The summed E-state index contributed by atoms with van der Waals surface area (Å²) in [6.45, 7) is 1.92. The second-order valence-electron chi connectivity index (χ2n) is 4.05. The van der Waals surface area contributed by atoms with Crippen LogP contribution in [0.4, 0.5) is 0 Å². The number of sulfonamides is 1. The lowest BCUT2D eigenvalue weighted by molar-refractivity contribution is -0.179. The number of piperidine rings is 1. The van der Waals surface area contributed by atoms with Crippen LogP contribution in [0.5, 0.6) is 0 Å².